The van der Waals surface area contributed by atoms with Gasteiger partial charge in [-0.3, -0.25) is 4.79 Å². The third-order valence-corrected chi connectivity index (χ3v) is 1.75. The third-order valence-electron chi connectivity index (χ3n) is 1.23. The van der Waals surface area contributed by atoms with Gasteiger partial charge in [0.2, 0.25) is 0 Å². The number of thiol groups is 1. The van der Waals surface area contributed by atoms with Crippen molar-refractivity contribution in [3.8, 4) is 5.75 Å². The normalized spacial score (nSPS) is 9.92. The van der Waals surface area contributed by atoms with Crippen molar-refractivity contribution in [2.75, 3.05) is 5.75 Å². The van der Waals surface area contributed by atoms with Gasteiger partial charge in [-0.25, -0.2) is 8.42 Å². The lowest BCUT2D eigenvalue weighted by molar-refractivity contribution is -0.131. The molecule has 70 valence electrons. The lowest BCUT2D eigenvalue weighted by Gasteiger charge is -1.99. The Kier molecular flexibility index (Phi) is 3.45. The first-order chi connectivity index (χ1) is 6.18. The largest absolute Gasteiger partial charge is 0.426 e. The molecule has 4 nitrogen and oxygen atoms in total. The highest BCUT2D eigenvalue weighted by Gasteiger charge is 2.04. The molecule has 0 aliphatic heterocycles. The smallest absolute Gasteiger partial charge is 0.326 e. The fourth-order valence-electron chi connectivity index (χ4n) is 0.758. The number of hydrogen-bond acceptors (Lipinski definition) is 4. The lowest BCUT2D eigenvalue weighted by atomic mass is 10.3. The van der Waals surface area contributed by atoms with E-state index in [1.54, 1.807) is 30.3 Å². The summed E-state index contributed by atoms with van der Waals surface area (Å²) in [5.74, 6) is -0.990. The highest BCUT2D eigenvalue weighted by atomic mass is 32.2. The van der Waals surface area contributed by atoms with E-state index in [9.17, 15) is 13.2 Å². The van der Waals surface area contributed by atoms with Crippen molar-refractivity contribution in [2.45, 2.75) is 0 Å². The van der Waals surface area contributed by atoms with E-state index in [2.05, 4.69) is 0 Å². The van der Waals surface area contributed by atoms with Gasteiger partial charge in [-0.1, -0.05) is 18.2 Å². The van der Waals surface area contributed by atoms with Gasteiger partial charge in [-0.15, -0.1) is 0 Å². The SMILES string of the molecule is O=C(C[SH](=O)=O)Oc1ccccc1. The zero-order chi connectivity index (χ0) is 9.68. The van der Waals surface area contributed by atoms with Crippen LogP contribution in [0.3, 0.4) is 0 Å². The van der Waals surface area contributed by atoms with Crippen LogP contribution >= 0.6 is 0 Å². The van der Waals surface area contributed by atoms with E-state index in [4.69, 9.17) is 4.74 Å². The van der Waals surface area contributed by atoms with Crippen LogP contribution in [0, 0.1) is 0 Å². The molecular weight excluding hydrogens is 192 g/mol. The monoisotopic (exact) mass is 200 g/mol. The summed E-state index contributed by atoms with van der Waals surface area (Å²) < 4.78 is 25.0. The molecule has 0 fully saturated rings. The van der Waals surface area contributed by atoms with Gasteiger partial charge in [-0.2, -0.15) is 0 Å². The molecule has 1 aromatic carbocycles. The van der Waals surface area contributed by atoms with Gasteiger partial charge in [-0.05, 0) is 12.1 Å². The van der Waals surface area contributed by atoms with Crippen LogP contribution < -0.4 is 4.74 Å². The number of ether oxygens (including phenoxy) is 1. The van der Waals surface area contributed by atoms with Crippen molar-refractivity contribution in [2.24, 2.45) is 0 Å². The molecule has 13 heavy (non-hydrogen) atoms. The fraction of sp³-hybridized carbons (Fsp3) is 0.125. The summed E-state index contributed by atoms with van der Waals surface area (Å²) in [6, 6.07) is 8.32. The zero-order valence-corrected chi connectivity index (χ0v) is 7.57. The minimum atomic E-state index is -2.71. The molecule has 0 saturated carbocycles. The van der Waals surface area contributed by atoms with Crippen molar-refractivity contribution < 1.29 is 17.9 Å². The Bertz CT molecular complexity index is 348. The molecule has 0 unspecified atom stereocenters. The molecule has 0 radical (unpaired) electrons. The van der Waals surface area contributed by atoms with Crippen LogP contribution in [0.5, 0.6) is 5.75 Å². The predicted octanol–water partition coefficient (Wildman–Crippen LogP) is 0.203. The summed E-state index contributed by atoms with van der Waals surface area (Å²) in [6.45, 7) is 0. The maximum atomic E-state index is 10.8. The third kappa shape index (κ3) is 3.71. The molecule has 1 aromatic rings. The molecule has 0 aliphatic carbocycles. The standard InChI is InChI=1S/C8H8O4S/c9-8(6-13(10)11)12-7-4-2-1-3-5-7/h1-5,13H,6H2. The Hall–Kier alpha value is -1.36. The minimum Gasteiger partial charge on any atom is -0.426 e. The molecule has 0 N–H and O–H groups in total. The van der Waals surface area contributed by atoms with Crippen LogP contribution in [-0.4, -0.2) is 20.1 Å². The first kappa shape index (κ1) is 9.73. The maximum Gasteiger partial charge on any atom is 0.326 e. The van der Waals surface area contributed by atoms with Crippen molar-refractivity contribution in [1.82, 2.24) is 0 Å². The number of benzene rings is 1. The van der Waals surface area contributed by atoms with Crippen molar-refractivity contribution >= 4 is 16.7 Å². The molecule has 0 aromatic heterocycles. The Morgan fingerprint density at radius 2 is 1.85 bits per heavy atom. The molecule has 1 rings (SSSR count). The maximum absolute atomic E-state index is 10.8. The minimum absolute atomic E-state index is 0.351. The highest BCUT2D eigenvalue weighted by Crippen LogP contribution is 2.07. The van der Waals surface area contributed by atoms with E-state index in [1.807, 2.05) is 0 Å². The van der Waals surface area contributed by atoms with E-state index in [0.717, 1.165) is 0 Å². The molecule has 0 aliphatic rings. The first-order valence-electron chi connectivity index (χ1n) is 3.56. The van der Waals surface area contributed by atoms with Gasteiger partial charge in [0.1, 0.15) is 11.5 Å². The molecule has 0 bridgehead atoms. The van der Waals surface area contributed by atoms with Gasteiger partial charge in [0.25, 0.3) is 0 Å². The molecule has 0 saturated heterocycles. The molecule has 5 heteroatoms. The van der Waals surface area contributed by atoms with Crippen LogP contribution in [0.4, 0.5) is 0 Å². The number of esters is 1. The number of carbonyl (C=O) groups excluding carboxylic acids is 1. The number of carbonyl (C=O) groups is 1. The summed E-state index contributed by atoms with van der Waals surface area (Å²) in [5, 5.41) is 0. The van der Waals surface area contributed by atoms with E-state index >= 15 is 0 Å². The van der Waals surface area contributed by atoms with Crippen LogP contribution in [0.2, 0.25) is 0 Å². The first-order valence-corrected chi connectivity index (χ1v) is 4.92. The van der Waals surface area contributed by atoms with Crippen molar-refractivity contribution in [3.05, 3.63) is 30.3 Å². The summed E-state index contributed by atoms with van der Waals surface area (Å²) in [6.07, 6.45) is 0. The van der Waals surface area contributed by atoms with Gasteiger partial charge < -0.3 is 4.74 Å². The summed E-state index contributed by atoms with van der Waals surface area (Å²) >= 11 is 0. The van der Waals surface area contributed by atoms with Crippen LogP contribution in [0.15, 0.2) is 30.3 Å². The highest BCUT2D eigenvalue weighted by molar-refractivity contribution is 7.73. The van der Waals surface area contributed by atoms with Crippen LogP contribution in [-0.2, 0) is 15.5 Å². The van der Waals surface area contributed by atoms with Crippen molar-refractivity contribution in [1.29, 1.82) is 0 Å². The van der Waals surface area contributed by atoms with Gasteiger partial charge in [0.05, 0.1) is 0 Å². The van der Waals surface area contributed by atoms with E-state index in [-0.39, 0.29) is 0 Å². The predicted molar refractivity (Wildman–Crippen MR) is 47.3 cm³/mol. The summed E-state index contributed by atoms with van der Waals surface area (Å²) in [5.41, 5.74) is 0. The van der Waals surface area contributed by atoms with Gasteiger partial charge in [0, 0.05) is 0 Å². The van der Waals surface area contributed by atoms with Gasteiger partial charge in [0.15, 0.2) is 10.7 Å². The number of hydrogen-bond donors (Lipinski definition) is 1. The summed E-state index contributed by atoms with van der Waals surface area (Å²) in [4.78, 5) is 10.8. The number of para-hydroxylation sites is 1. The fourth-order valence-corrected chi connectivity index (χ4v) is 1.03. The molecular formula is C8H8O4S. The quantitative estimate of drug-likeness (QED) is 0.430. The van der Waals surface area contributed by atoms with Crippen molar-refractivity contribution in [3.63, 3.8) is 0 Å². The Labute approximate surface area is 77.1 Å². The number of rotatable bonds is 3. The molecule has 0 spiro atoms. The van der Waals surface area contributed by atoms with E-state index in [0.29, 0.717) is 5.75 Å². The second-order valence-corrected chi connectivity index (χ2v) is 3.26. The Morgan fingerprint density at radius 1 is 1.23 bits per heavy atom. The summed E-state index contributed by atoms with van der Waals surface area (Å²) in [7, 11) is -2.71. The Morgan fingerprint density at radius 3 is 2.38 bits per heavy atom. The molecule has 0 atom stereocenters. The molecule has 0 amide bonds. The van der Waals surface area contributed by atoms with E-state index < -0.39 is 22.4 Å². The van der Waals surface area contributed by atoms with Crippen LogP contribution in [0.1, 0.15) is 0 Å². The topological polar surface area (TPSA) is 60.4 Å². The average molecular weight is 200 g/mol. The lowest BCUT2D eigenvalue weighted by Crippen LogP contribution is -2.13. The molecule has 0 heterocycles. The average Bonchev–Trinajstić information content (AvgIpc) is 2.04. The second kappa shape index (κ2) is 4.61. The van der Waals surface area contributed by atoms with Gasteiger partial charge >= 0.3 is 5.97 Å². The Balaban J connectivity index is 2.55. The van der Waals surface area contributed by atoms with Crippen LogP contribution in [0.25, 0.3) is 0 Å². The van der Waals surface area contributed by atoms with E-state index in [1.165, 1.54) is 0 Å². The second-order valence-electron chi connectivity index (χ2n) is 2.28. The zero-order valence-electron chi connectivity index (χ0n) is 6.67.